The number of amides is 1. The van der Waals surface area contributed by atoms with Gasteiger partial charge in [-0.2, -0.15) is 0 Å². The summed E-state index contributed by atoms with van der Waals surface area (Å²) in [6.45, 7) is 2.73. The van der Waals surface area contributed by atoms with Crippen LogP contribution in [0.5, 0.6) is 0 Å². The Morgan fingerprint density at radius 1 is 1.32 bits per heavy atom. The summed E-state index contributed by atoms with van der Waals surface area (Å²) in [6.07, 6.45) is 1.04. The minimum atomic E-state index is -0.0304. The number of benzene rings is 1. The normalized spacial score (nSPS) is 10.5. The smallest absolute Gasteiger partial charge is 0.252 e. The second-order valence-electron chi connectivity index (χ2n) is 4.03. The van der Waals surface area contributed by atoms with Gasteiger partial charge in [-0.1, -0.05) is 22.9 Å². The summed E-state index contributed by atoms with van der Waals surface area (Å²) in [5, 5.41) is 2.97. The molecule has 100 valence electrons. The molecule has 0 saturated carbocycles. The second kappa shape index (κ2) is 6.85. The maximum atomic E-state index is 12.1. The molecule has 1 heterocycles. The maximum absolute atomic E-state index is 12.1. The Kier molecular flexibility index (Phi) is 5.41. The molecule has 0 unspecified atom stereocenters. The van der Waals surface area contributed by atoms with E-state index in [4.69, 9.17) is 0 Å². The zero-order valence-electron chi connectivity index (χ0n) is 10.4. The van der Waals surface area contributed by atoms with Crippen LogP contribution in [0.4, 0.5) is 0 Å². The first-order valence-electron chi connectivity index (χ1n) is 5.91. The third-order valence-electron chi connectivity index (χ3n) is 2.66. The van der Waals surface area contributed by atoms with Crippen LogP contribution < -0.4 is 5.32 Å². The van der Waals surface area contributed by atoms with E-state index in [0.717, 1.165) is 14.5 Å². The SMILES string of the molecule is CCc1ccc(CNC(=O)c2cc(Br)ccc2I)s1. The molecule has 0 radical (unpaired) electrons. The van der Waals surface area contributed by atoms with E-state index in [2.05, 4.69) is 62.9 Å². The number of thiophene rings is 1. The Hall–Kier alpha value is -0.400. The highest BCUT2D eigenvalue weighted by atomic mass is 127. The van der Waals surface area contributed by atoms with Gasteiger partial charge in [-0.25, -0.2) is 0 Å². The molecule has 1 aromatic heterocycles. The summed E-state index contributed by atoms with van der Waals surface area (Å²) in [5.74, 6) is -0.0304. The van der Waals surface area contributed by atoms with Crippen molar-refractivity contribution < 1.29 is 4.79 Å². The number of hydrogen-bond donors (Lipinski definition) is 1. The van der Waals surface area contributed by atoms with Gasteiger partial charge in [0.1, 0.15) is 0 Å². The molecule has 5 heteroatoms. The van der Waals surface area contributed by atoms with Crippen LogP contribution in [0.3, 0.4) is 0 Å². The van der Waals surface area contributed by atoms with Crippen LogP contribution in [0, 0.1) is 3.57 Å². The molecule has 0 saturated heterocycles. The van der Waals surface area contributed by atoms with E-state index in [1.807, 2.05) is 18.2 Å². The van der Waals surface area contributed by atoms with Crippen LogP contribution in [0.2, 0.25) is 0 Å². The van der Waals surface area contributed by atoms with E-state index in [1.54, 1.807) is 11.3 Å². The second-order valence-corrected chi connectivity index (χ2v) is 7.36. The van der Waals surface area contributed by atoms with E-state index in [-0.39, 0.29) is 5.91 Å². The van der Waals surface area contributed by atoms with Gasteiger partial charge in [0.05, 0.1) is 12.1 Å². The molecule has 0 spiro atoms. The summed E-state index contributed by atoms with van der Waals surface area (Å²) >= 11 is 7.32. The highest BCUT2D eigenvalue weighted by Crippen LogP contribution is 2.19. The van der Waals surface area contributed by atoms with Crippen LogP contribution in [0.1, 0.15) is 27.0 Å². The molecule has 0 aliphatic heterocycles. The molecule has 0 atom stereocenters. The van der Waals surface area contributed by atoms with Gasteiger partial charge in [0.25, 0.3) is 5.91 Å². The minimum Gasteiger partial charge on any atom is -0.347 e. The van der Waals surface area contributed by atoms with Crippen molar-refractivity contribution in [1.29, 1.82) is 0 Å². The van der Waals surface area contributed by atoms with Crippen LogP contribution >= 0.6 is 49.9 Å². The molecule has 1 N–H and O–H groups in total. The molecular weight excluding hydrogens is 437 g/mol. The number of halogens is 2. The first-order chi connectivity index (χ1) is 9.10. The Balaban J connectivity index is 2.03. The minimum absolute atomic E-state index is 0.0304. The van der Waals surface area contributed by atoms with Crippen molar-refractivity contribution in [3.63, 3.8) is 0 Å². The molecule has 19 heavy (non-hydrogen) atoms. The fourth-order valence-corrected chi connectivity index (χ4v) is 3.48. The zero-order chi connectivity index (χ0) is 13.8. The molecule has 2 nitrogen and oxygen atoms in total. The molecule has 2 aromatic rings. The predicted octanol–water partition coefficient (Wildman–Crippen LogP) is 4.61. The zero-order valence-corrected chi connectivity index (χ0v) is 14.9. The lowest BCUT2D eigenvalue weighted by molar-refractivity contribution is 0.0950. The Morgan fingerprint density at radius 2 is 2.05 bits per heavy atom. The van der Waals surface area contributed by atoms with Crippen molar-refractivity contribution in [1.82, 2.24) is 5.32 Å². The van der Waals surface area contributed by atoms with Crippen molar-refractivity contribution in [2.45, 2.75) is 19.9 Å². The van der Waals surface area contributed by atoms with Crippen molar-refractivity contribution in [3.8, 4) is 0 Å². The lowest BCUT2D eigenvalue weighted by Gasteiger charge is -2.06. The lowest BCUT2D eigenvalue weighted by Crippen LogP contribution is -2.23. The number of carbonyl (C=O) groups is 1. The van der Waals surface area contributed by atoms with Gasteiger partial charge in [0.15, 0.2) is 0 Å². The molecule has 0 aliphatic carbocycles. The van der Waals surface area contributed by atoms with E-state index >= 15 is 0 Å². The fourth-order valence-electron chi connectivity index (χ4n) is 1.64. The third-order valence-corrected chi connectivity index (χ3v) is 5.33. The molecule has 2 rings (SSSR count). The van der Waals surface area contributed by atoms with Crippen molar-refractivity contribution in [3.05, 3.63) is 53.7 Å². The van der Waals surface area contributed by atoms with Gasteiger partial charge >= 0.3 is 0 Å². The molecule has 0 bridgehead atoms. The fraction of sp³-hybridized carbons (Fsp3) is 0.214. The van der Waals surface area contributed by atoms with E-state index < -0.39 is 0 Å². The van der Waals surface area contributed by atoms with Crippen LogP contribution in [0.15, 0.2) is 34.8 Å². The number of carbonyl (C=O) groups excluding carboxylic acids is 1. The summed E-state index contributed by atoms with van der Waals surface area (Å²) in [7, 11) is 0. The molecule has 1 aromatic carbocycles. The quantitative estimate of drug-likeness (QED) is 0.678. The Bertz CT molecular complexity index is 597. The lowest BCUT2D eigenvalue weighted by atomic mass is 10.2. The van der Waals surface area contributed by atoms with Gasteiger partial charge in [-0.05, 0) is 59.3 Å². The van der Waals surface area contributed by atoms with E-state index in [9.17, 15) is 4.79 Å². The van der Waals surface area contributed by atoms with Gasteiger partial charge in [0.2, 0.25) is 0 Å². The first-order valence-corrected chi connectivity index (χ1v) is 8.60. The number of aryl methyl sites for hydroxylation is 1. The highest BCUT2D eigenvalue weighted by Gasteiger charge is 2.10. The molecule has 0 fully saturated rings. The average molecular weight is 450 g/mol. The van der Waals surface area contributed by atoms with Crippen molar-refractivity contribution in [2.75, 3.05) is 0 Å². The van der Waals surface area contributed by atoms with Crippen molar-refractivity contribution >= 4 is 55.8 Å². The maximum Gasteiger partial charge on any atom is 0.252 e. The number of rotatable bonds is 4. The molecular formula is C14H13BrINOS. The Morgan fingerprint density at radius 3 is 2.74 bits per heavy atom. The topological polar surface area (TPSA) is 29.1 Å². The molecule has 0 aliphatic rings. The van der Waals surface area contributed by atoms with Gasteiger partial charge in [-0.15, -0.1) is 11.3 Å². The van der Waals surface area contributed by atoms with Crippen molar-refractivity contribution in [2.24, 2.45) is 0 Å². The van der Waals surface area contributed by atoms with Crippen LogP contribution in [0.25, 0.3) is 0 Å². The first kappa shape index (κ1) is 15.0. The summed E-state index contributed by atoms with van der Waals surface area (Å²) in [4.78, 5) is 14.7. The number of nitrogens with one attached hydrogen (secondary N) is 1. The van der Waals surface area contributed by atoms with E-state index in [1.165, 1.54) is 9.75 Å². The van der Waals surface area contributed by atoms with Gasteiger partial charge < -0.3 is 5.32 Å². The summed E-state index contributed by atoms with van der Waals surface area (Å²) in [5.41, 5.74) is 0.710. The van der Waals surface area contributed by atoms with Crippen LogP contribution in [-0.2, 0) is 13.0 Å². The number of hydrogen-bond acceptors (Lipinski definition) is 2. The monoisotopic (exact) mass is 449 g/mol. The Labute approximate surface area is 138 Å². The van der Waals surface area contributed by atoms with Crippen LogP contribution in [-0.4, -0.2) is 5.91 Å². The van der Waals surface area contributed by atoms with E-state index in [0.29, 0.717) is 12.1 Å². The van der Waals surface area contributed by atoms with Gasteiger partial charge in [0, 0.05) is 17.8 Å². The highest BCUT2D eigenvalue weighted by molar-refractivity contribution is 14.1. The predicted molar refractivity (Wildman–Crippen MR) is 91.7 cm³/mol. The average Bonchev–Trinajstić information content (AvgIpc) is 2.87. The summed E-state index contributed by atoms with van der Waals surface area (Å²) in [6, 6.07) is 9.92. The largest absolute Gasteiger partial charge is 0.347 e. The summed E-state index contributed by atoms with van der Waals surface area (Å²) < 4.78 is 1.88. The standard InChI is InChI=1S/C14H13BrINOS/c1-2-10-4-5-11(19-10)8-17-14(18)12-7-9(15)3-6-13(12)16/h3-7H,2,8H2,1H3,(H,17,18). The third kappa shape index (κ3) is 4.03. The van der Waals surface area contributed by atoms with Gasteiger partial charge in [-0.3, -0.25) is 4.79 Å². The molecule has 1 amide bonds.